The van der Waals surface area contributed by atoms with Crippen molar-refractivity contribution in [3.63, 3.8) is 0 Å². The molecule has 25 heavy (non-hydrogen) atoms. The molecule has 1 fully saturated rings. The van der Waals surface area contributed by atoms with Crippen molar-refractivity contribution in [2.24, 2.45) is 0 Å². The van der Waals surface area contributed by atoms with Crippen LogP contribution < -0.4 is 5.56 Å². The normalized spacial score (nSPS) is 13.7. The predicted octanol–water partition coefficient (Wildman–Crippen LogP) is 2.71. The first-order valence-electron chi connectivity index (χ1n) is 8.22. The Hall–Kier alpha value is -2.60. The van der Waals surface area contributed by atoms with Gasteiger partial charge in [0, 0.05) is 13.1 Å². The van der Waals surface area contributed by atoms with E-state index >= 15 is 0 Å². The van der Waals surface area contributed by atoms with E-state index in [9.17, 15) is 9.59 Å². The Labute approximate surface area is 149 Å². The van der Waals surface area contributed by atoms with Crippen LogP contribution in [-0.2, 0) is 4.79 Å². The van der Waals surface area contributed by atoms with Gasteiger partial charge in [-0.25, -0.2) is 4.98 Å². The first-order chi connectivity index (χ1) is 12.2. The molecule has 1 saturated heterocycles. The zero-order valence-corrected chi connectivity index (χ0v) is 14.4. The molecule has 0 spiro atoms. The topological polar surface area (TPSA) is 55.2 Å². The summed E-state index contributed by atoms with van der Waals surface area (Å²) in [5.41, 5.74) is 1.29. The number of carbonyl (C=O) groups is 1. The Bertz CT molecular complexity index is 981. The van der Waals surface area contributed by atoms with Crippen LogP contribution in [0.4, 0.5) is 0 Å². The Kier molecular flexibility index (Phi) is 4.28. The largest absolute Gasteiger partial charge is 0.342 e. The molecule has 6 heteroatoms. The number of aromatic nitrogens is 2. The number of likely N-dealkylation sites (tertiary alicyclic amines) is 1. The Balaban J connectivity index is 1.78. The van der Waals surface area contributed by atoms with Crippen LogP contribution in [-0.4, -0.2) is 39.2 Å². The van der Waals surface area contributed by atoms with Crippen molar-refractivity contribution in [2.75, 3.05) is 18.8 Å². The number of thioether (sulfide) groups is 1. The number of rotatable bonds is 4. The third-order valence-corrected chi connectivity index (χ3v) is 5.22. The fraction of sp³-hybridized carbons (Fsp3) is 0.211. The summed E-state index contributed by atoms with van der Waals surface area (Å²) < 4.78 is 1.59. The molecule has 1 aliphatic heterocycles. The van der Waals surface area contributed by atoms with Gasteiger partial charge in [0.2, 0.25) is 5.91 Å². The fourth-order valence-electron chi connectivity index (χ4n) is 2.80. The number of hydrogen-bond donors (Lipinski definition) is 0. The molecule has 5 nitrogen and oxygen atoms in total. The maximum Gasteiger partial charge on any atom is 0.266 e. The van der Waals surface area contributed by atoms with Gasteiger partial charge in [0.05, 0.1) is 22.3 Å². The molecule has 0 N–H and O–H groups in total. The molecule has 3 aromatic rings. The maximum absolute atomic E-state index is 13.0. The second-order valence-corrected chi connectivity index (χ2v) is 6.85. The molecule has 0 atom stereocenters. The quantitative estimate of drug-likeness (QED) is 0.536. The number of benzene rings is 2. The van der Waals surface area contributed by atoms with E-state index in [1.165, 1.54) is 11.8 Å². The zero-order valence-electron chi connectivity index (χ0n) is 13.6. The van der Waals surface area contributed by atoms with Crippen molar-refractivity contribution in [1.82, 2.24) is 14.5 Å². The van der Waals surface area contributed by atoms with E-state index in [0.29, 0.717) is 16.1 Å². The second kappa shape index (κ2) is 6.72. The van der Waals surface area contributed by atoms with Gasteiger partial charge in [0.1, 0.15) is 0 Å². The summed E-state index contributed by atoms with van der Waals surface area (Å²) in [6, 6.07) is 16.7. The van der Waals surface area contributed by atoms with Crippen LogP contribution in [0.5, 0.6) is 0 Å². The lowest BCUT2D eigenvalue weighted by molar-refractivity contribution is -0.131. The minimum absolute atomic E-state index is 0.0956. The van der Waals surface area contributed by atoms with Crippen LogP contribution >= 0.6 is 11.8 Å². The van der Waals surface area contributed by atoms with E-state index in [-0.39, 0.29) is 17.2 Å². The lowest BCUT2D eigenvalue weighted by Crippen LogP contribution is -2.43. The number of hydrogen-bond acceptors (Lipinski definition) is 4. The molecule has 1 aromatic heterocycles. The first kappa shape index (κ1) is 15.9. The summed E-state index contributed by atoms with van der Waals surface area (Å²) >= 11 is 1.32. The molecule has 126 valence electrons. The highest BCUT2D eigenvalue weighted by Gasteiger charge is 2.21. The molecular weight excluding hydrogens is 334 g/mol. The number of para-hydroxylation sites is 2. The Morgan fingerprint density at radius 2 is 1.76 bits per heavy atom. The van der Waals surface area contributed by atoms with Crippen molar-refractivity contribution in [3.8, 4) is 5.69 Å². The van der Waals surface area contributed by atoms with Gasteiger partial charge in [0.25, 0.3) is 5.56 Å². The summed E-state index contributed by atoms with van der Waals surface area (Å²) in [6.45, 7) is 1.66. The van der Waals surface area contributed by atoms with Crippen LogP contribution in [0.1, 0.15) is 6.42 Å². The van der Waals surface area contributed by atoms with Gasteiger partial charge in [-0.2, -0.15) is 0 Å². The molecule has 4 rings (SSSR count). The first-order valence-corrected chi connectivity index (χ1v) is 9.20. The average Bonchev–Trinajstić information content (AvgIpc) is 2.59. The van der Waals surface area contributed by atoms with Gasteiger partial charge in [0.15, 0.2) is 5.16 Å². The van der Waals surface area contributed by atoms with Crippen molar-refractivity contribution in [2.45, 2.75) is 11.6 Å². The average molecular weight is 351 g/mol. The van der Waals surface area contributed by atoms with Gasteiger partial charge in [-0.15, -0.1) is 0 Å². The molecule has 0 unspecified atom stereocenters. The van der Waals surface area contributed by atoms with E-state index in [0.717, 1.165) is 25.2 Å². The van der Waals surface area contributed by atoms with Crippen molar-refractivity contribution < 1.29 is 4.79 Å². The molecule has 0 radical (unpaired) electrons. The van der Waals surface area contributed by atoms with Gasteiger partial charge >= 0.3 is 0 Å². The molecular formula is C19H17N3O2S. The number of amides is 1. The standard InChI is InChI=1S/C19H17N3O2S/c23-17(21-11-6-12-21)13-25-19-20-16-10-5-4-9-15(16)18(24)22(19)14-7-2-1-3-8-14/h1-5,7-10H,6,11-13H2. The molecule has 0 saturated carbocycles. The van der Waals surface area contributed by atoms with E-state index in [1.807, 2.05) is 53.4 Å². The third kappa shape index (κ3) is 3.05. The van der Waals surface area contributed by atoms with Gasteiger partial charge in [-0.05, 0) is 30.7 Å². The minimum atomic E-state index is -0.115. The van der Waals surface area contributed by atoms with Crippen LogP contribution in [0.3, 0.4) is 0 Å². The molecule has 0 bridgehead atoms. The number of nitrogens with zero attached hydrogens (tertiary/aromatic N) is 3. The molecule has 2 heterocycles. The van der Waals surface area contributed by atoms with Crippen molar-refractivity contribution in [3.05, 3.63) is 65.0 Å². The highest BCUT2D eigenvalue weighted by atomic mass is 32.2. The van der Waals surface area contributed by atoms with E-state index in [1.54, 1.807) is 10.6 Å². The smallest absolute Gasteiger partial charge is 0.266 e. The van der Waals surface area contributed by atoms with E-state index in [4.69, 9.17) is 0 Å². The predicted molar refractivity (Wildman–Crippen MR) is 99.3 cm³/mol. The van der Waals surface area contributed by atoms with Crippen molar-refractivity contribution >= 4 is 28.6 Å². The summed E-state index contributed by atoms with van der Waals surface area (Å²) in [5.74, 6) is 0.385. The van der Waals surface area contributed by atoms with Gasteiger partial charge < -0.3 is 4.90 Å². The number of fused-ring (bicyclic) bond motifs is 1. The van der Waals surface area contributed by atoms with E-state index in [2.05, 4.69) is 4.98 Å². The summed E-state index contributed by atoms with van der Waals surface area (Å²) in [6.07, 6.45) is 1.07. The fourth-order valence-corrected chi connectivity index (χ4v) is 3.71. The van der Waals surface area contributed by atoms with Crippen LogP contribution in [0, 0.1) is 0 Å². The Morgan fingerprint density at radius 1 is 1.04 bits per heavy atom. The second-order valence-electron chi connectivity index (χ2n) is 5.91. The van der Waals surface area contributed by atoms with E-state index < -0.39 is 0 Å². The zero-order chi connectivity index (χ0) is 17.2. The van der Waals surface area contributed by atoms with Crippen LogP contribution in [0.15, 0.2) is 64.5 Å². The highest BCUT2D eigenvalue weighted by molar-refractivity contribution is 7.99. The Morgan fingerprint density at radius 3 is 2.48 bits per heavy atom. The lowest BCUT2D eigenvalue weighted by atomic mass is 10.2. The third-order valence-electron chi connectivity index (χ3n) is 4.29. The number of carbonyl (C=O) groups excluding carboxylic acids is 1. The lowest BCUT2D eigenvalue weighted by Gasteiger charge is -2.30. The summed E-state index contributed by atoms with van der Waals surface area (Å²) in [5, 5.41) is 1.12. The summed E-state index contributed by atoms with van der Waals surface area (Å²) in [7, 11) is 0. The van der Waals surface area contributed by atoms with Crippen LogP contribution in [0.25, 0.3) is 16.6 Å². The SMILES string of the molecule is O=C(CSc1nc2ccccc2c(=O)n1-c1ccccc1)N1CCC1. The van der Waals surface area contributed by atoms with Gasteiger partial charge in [-0.3, -0.25) is 14.2 Å². The monoisotopic (exact) mass is 351 g/mol. The molecule has 0 aliphatic carbocycles. The molecule has 1 aliphatic rings. The molecule has 2 aromatic carbocycles. The summed E-state index contributed by atoms with van der Waals surface area (Å²) in [4.78, 5) is 31.7. The van der Waals surface area contributed by atoms with Gasteiger partial charge in [-0.1, -0.05) is 42.1 Å². The molecule has 1 amide bonds. The van der Waals surface area contributed by atoms with Crippen molar-refractivity contribution in [1.29, 1.82) is 0 Å². The maximum atomic E-state index is 13.0. The van der Waals surface area contributed by atoms with Crippen LogP contribution in [0.2, 0.25) is 0 Å². The highest BCUT2D eigenvalue weighted by Crippen LogP contribution is 2.22. The minimum Gasteiger partial charge on any atom is -0.342 e.